The Morgan fingerprint density at radius 3 is 2.29 bits per heavy atom. The van der Waals surface area contributed by atoms with Gasteiger partial charge >= 0.3 is 0 Å². The van der Waals surface area contributed by atoms with E-state index >= 15 is 0 Å². The zero-order valence-electron chi connectivity index (χ0n) is 26.5. The fraction of sp³-hybridized carbons (Fsp3) is 0.250. The zero-order chi connectivity index (χ0) is 29.8. The normalized spacial score (nSPS) is 17.0. The fourth-order valence-electron chi connectivity index (χ4n) is 3.80. The third kappa shape index (κ3) is 3.82. The minimum atomic E-state index is -2.86. The topological polar surface area (TPSA) is 49.6 Å². The van der Waals surface area contributed by atoms with E-state index in [1.54, 1.807) is 0 Å². The Kier molecular flexibility index (Phi) is 3.05. The van der Waals surface area contributed by atoms with Crippen molar-refractivity contribution in [2.24, 2.45) is 0 Å². The van der Waals surface area contributed by atoms with Crippen LogP contribution in [0.5, 0.6) is 0 Å². The summed E-state index contributed by atoms with van der Waals surface area (Å²) >= 11 is 0. The van der Waals surface area contributed by atoms with Crippen molar-refractivity contribution < 1.29 is 12.3 Å². The number of benzene rings is 3. The second-order valence-electron chi connectivity index (χ2n) is 8.54. The number of aromatic nitrogens is 2. The lowest BCUT2D eigenvalue weighted by atomic mass is 9.82. The van der Waals surface area contributed by atoms with Crippen LogP contribution >= 0.6 is 0 Å². The molecular weight excluding hydrogens is 378 g/mol. The van der Waals surface area contributed by atoms with E-state index in [1.165, 1.54) is 6.07 Å². The molecule has 0 aliphatic carbocycles. The predicted octanol–water partition coefficient (Wildman–Crippen LogP) is 7.06. The molecule has 3 nitrogen and oxygen atoms in total. The molecule has 0 bridgehead atoms. The molecule has 0 spiro atoms. The summed E-state index contributed by atoms with van der Waals surface area (Å²) in [6.45, 7) is -2.37. The lowest BCUT2D eigenvalue weighted by Crippen LogP contribution is -2.12. The van der Waals surface area contributed by atoms with Gasteiger partial charge in [0.2, 0.25) is 0 Å². The van der Waals surface area contributed by atoms with E-state index in [1.807, 2.05) is 42.5 Å². The second kappa shape index (κ2) is 7.63. The highest BCUT2D eigenvalue weighted by molar-refractivity contribution is 5.91. The summed E-state index contributed by atoms with van der Waals surface area (Å²) in [6, 6.07) is 17.0. The molecular formula is C28H27N3. The van der Waals surface area contributed by atoms with Crippen LogP contribution in [-0.2, 0) is 5.41 Å². The summed E-state index contributed by atoms with van der Waals surface area (Å²) in [6.07, 6.45) is 0. The van der Waals surface area contributed by atoms with E-state index in [2.05, 4.69) is 31.0 Å². The van der Waals surface area contributed by atoms with Crippen LogP contribution in [0.25, 0.3) is 33.2 Å². The Morgan fingerprint density at radius 2 is 1.65 bits per heavy atom. The molecule has 0 fully saturated rings. The molecule has 0 atom stereocenters. The maximum Gasteiger partial charge on any atom is 0.0991 e. The third-order valence-corrected chi connectivity index (χ3v) is 5.30. The van der Waals surface area contributed by atoms with Crippen LogP contribution in [0.3, 0.4) is 0 Å². The summed E-state index contributed by atoms with van der Waals surface area (Å²) in [5.41, 5.74) is -0.487. The quantitative estimate of drug-likeness (QED) is 0.353. The van der Waals surface area contributed by atoms with Crippen LogP contribution in [-0.4, -0.2) is 10.2 Å². The van der Waals surface area contributed by atoms with Crippen LogP contribution < -0.4 is 0 Å². The molecule has 0 unspecified atom stereocenters. The van der Waals surface area contributed by atoms with Crippen LogP contribution in [0.1, 0.15) is 61.1 Å². The molecule has 4 rings (SSSR count). The van der Waals surface area contributed by atoms with Gasteiger partial charge in [0.15, 0.2) is 0 Å². The standard InChI is InChI=1S/C28H27N3/c1-17-11-20(16-29)12-18(2)27(17)24-15-26(31-30-19(24)3)22-13-21-9-7-8-10-23(21)25(14-22)28(4,5)6/h7-15H,1-6H3/i1D3,2D3,3D3. The maximum atomic E-state index is 9.50. The Morgan fingerprint density at radius 1 is 0.903 bits per heavy atom. The van der Waals surface area contributed by atoms with Crippen molar-refractivity contribution in [1.29, 1.82) is 5.26 Å². The highest BCUT2D eigenvalue weighted by Crippen LogP contribution is 2.36. The Bertz CT molecular complexity index is 1620. The van der Waals surface area contributed by atoms with Crippen LogP contribution in [0, 0.1) is 31.9 Å². The molecule has 0 saturated heterocycles. The summed E-state index contributed by atoms with van der Waals surface area (Å²) in [5, 5.41) is 19.7. The molecule has 1 heterocycles. The molecule has 0 aliphatic heterocycles. The average Bonchev–Trinajstić information content (AvgIpc) is 2.84. The SMILES string of the molecule is [2H]C([2H])([2H])c1cc(C#N)cc(C([2H])([2H])[2H])c1-c1cc(-c2cc(C(C)(C)C)c3ccccc3c2)nnc1C([2H])([2H])[2H]. The first-order valence-corrected chi connectivity index (χ1v) is 9.83. The number of fused-ring (bicyclic) bond motifs is 1. The molecule has 4 aromatic rings. The monoisotopic (exact) mass is 414 g/mol. The van der Waals surface area contributed by atoms with E-state index in [0.29, 0.717) is 5.56 Å². The maximum absolute atomic E-state index is 9.50. The Labute approximate surface area is 197 Å². The molecule has 0 amide bonds. The number of rotatable bonds is 2. The van der Waals surface area contributed by atoms with Gasteiger partial charge in [0.25, 0.3) is 0 Å². The second-order valence-corrected chi connectivity index (χ2v) is 8.54. The van der Waals surface area contributed by atoms with Crippen LogP contribution in [0.4, 0.5) is 0 Å². The molecule has 0 saturated carbocycles. The molecule has 154 valence electrons. The minimum absolute atomic E-state index is 0.164. The average molecular weight is 415 g/mol. The van der Waals surface area contributed by atoms with Gasteiger partial charge in [0.1, 0.15) is 0 Å². The van der Waals surface area contributed by atoms with E-state index in [-0.39, 0.29) is 27.8 Å². The van der Waals surface area contributed by atoms with E-state index in [0.717, 1.165) is 28.5 Å². The number of hydrogen-bond donors (Lipinski definition) is 0. The Hall–Kier alpha value is -3.51. The van der Waals surface area contributed by atoms with Gasteiger partial charge < -0.3 is 0 Å². The third-order valence-electron chi connectivity index (χ3n) is 5.30. The van der Waals surface area contributed by atoms with Crippen LogP contribution in [0.2, 0.25) is 0 Å². The van der Waals surface area contributed by atoms with Gasteiger partial charge in [-0.2, -0.15) is 15.5 Å². The number of aryl methyl sites for hydroxylation is 3. The molecule has 31 heavy (non-hydrogen) atoms. The Balaban J connectivity index is 2.15. The summed E-state index contributed by atoms with van der Waals surface area (Å²) in [7, 11) is 0. The predicted molar refractivity (Wildman–Crippen MR) is 128 cm³/mol. The van der Waals surface area contributed by atoms with Crippen molar-refractivity contribution in [3.8, 4) is 28.5 Å². The van der Waals surface area contributed by atoms with E-state index in [4.69, 9.17) is 12.3 Å². The highest BCUT2D eigenvalue weighted by atomic mass is 15.1. The van der Waals surface area contributed by atoms with Gasteiger partial charge in [-0.15, -0.1) is 0 Å². The largest absolute Gasteiger partial charge is 0.192 e. The molecule has 0 aliphatic rings. The fourth-order valence-corrected chi connectivity index (χ4v) is 3.80. The first kappa shape index (κ1) is 12.4. The van der Waals surface area contributed by atoms with Gasteiger partial charge in [-0.25, -0.2) is 0 Å². The summed E-state index contributed by atoms with van der Waals surface area (Å²) < 4.78 is 73.1. The van der Waals surface area contributed by atoms with E-state index in [9.17, 15) is 5.26 Å². The van der Waals surface area contributed by atoms with Crippen molar-refractivity contribution >= 4 is 10.8 Å². The summed E-state index contributed by atoms with van der Waals surface area (Å²) in [4.78, 5) is 0. The number of nitriles is 1. The van der Waals surface area contributed by atoms with E-state index < -0.39 is 37.4 Å². The van der Waals surface area contributed by atoms with Crippen LogP contribution in [0.15, 0.2) is 54.6 Å². The molecule has 3 aromatic carbocycles. The van der Waals surface area contributed by atoms with Gasteiger partial charge in [-0.1, -0.05) is 45.0 Å². The van der Waals surface area contributed by atoms with Gasteiger partial charge in [-0.3, -0.25) is 0 Å². The van der Waals surface area contributed by atoms with Crippen molar-refractivity contribution in [3.63, 3.8) is 0 Å². The first-order valence-electron chi connectivity index (χ1n) is 14.3. The minimum Gasteiger partial charge on any atom is -0.192 e. The van der Waals surface area contributed by atoms with Crippen molar-refractivity contribution in [2.75, 3.05) is 0 Å². The smallest absolute Gasteiger partial charge is 0.0991 e. The van der Waals surface area contributed by atoms with Gasteiger partial charge in [0.05, 0.1) is 23.0 Å². The van der Waals surface area contributed by atoms with Crippen molar-refractivity contribution in [2.45, 2.75) is 46.7 Å². The van der Waals surface area contributed by atoms with Crippen molar-refractivity contribution in [1.82, 2.24) is 10.2 Å². The number of hydrogen-bond acceptors (Lipinski definition) is 3. The first-order chi connectivity index (χ1) is 18.3. The summed E-state index contributed by atoms with van der Waals surface area (Å²) in [5.74, 6) is 0. The van der Waals surface area contributed by atoms with Gasteiger partial charge in [0, 0.05) is 23.5 Å². The lowest BCUT2D eigenvalue weighted by molar-refractivity contribution is 0.596. The van der Waals surface area contributed by atoms with Crippen molar-refractivity contribution in [3.05, 3.63) is 82.5 Å². The molecule has 0 N–H and O–H groups in total. The number of nitrogens with zero attached hydrogens (tertiary/aromatic N) is 3. The molecule has 3 heteroatoms. The molecule has 0 radical (unpaired) electrons. The lowest BCUT2D eigenvalue weighted by Gasteiger charge is -2.23. The zero-order valence-corrected chi connectivity index (χ0v) is 17.5. The highest BCUT2D eigenvalue weighted by Gasteiger charge is 2.19. The molecule has 1 aromatic heterocycles. The van der Waals surface area contributed by atoms with Gasteiger partial charge in [-0.05, 0) is 89.3 Å².